The standard InChI is InChI=1S/C12H20N4O/c1-10-3-2-5-16(8-10)12-7-11(13-4-6-17)14-9-15-12/h7,9-10,17H,2-6,8H2,1H3,(H,13,14,15). The van der Waals surface area contributed by atoms with Crippen LogP contribution < -0.4 is 10.2 Å². The summed E-state index contributed by atoms with van der Waals surface area (Å²) in [6.45, 7) is 5.04. The largest absolute Gasteiger partial charge is 0.395 e. The van der Waals surface area contributed by atoms with Crippen molar-refractivity contribution in [3.8, 4) is 0 Å². The van der Waals surface area contributed by atoms with Gasteiger partial charge >= 0.3 is 0 Å². The summed E-state index contributed by atoms with van der Waals surface area (Å²) in [5, 5.41) is 11.8. The lowest BCUT2D eigenvalue weighted by Gasteiger charge is -2.31. The number of rotatable bonds is 4. The highest BCUT2D eigenvalue weighted by Crippen LogP contribution is 2.22. The van der Waals surface area contributed by atoms with Crippen molar-refractivity contribution < 1.29 is 5.11 Å². The van der Waals surface area contributed by atoms with E-state index in [-0.39, 0.29) is 6.61 Å². The second kappa shape index (κ2) is 5.82. The second-order valence-corrected chi connectivity index (χ2v) is 4.61. The summed E-state index contributed by atoms with van der Waals surface area (Å²) < 4.78 is 0. The van der Waals surface area contributed by atoms with Gasteiger partial charge in [0.15, 0.2) is 0 Å². The molecule has 2 heterocycles. The van der Waals surface area contributed by atoms with Gasteiger partial charge in [0, 0.05) is 25.7 Å². The van der Waals surface area contributed by atoms with Gasteiger partial charge in [0.05, 0.1) is 6.61 Å². The highest BCUT2D eigenvalue weighted by atomic mass is 16.3. The average Bonchev–Trinajstić information content (AvgIpc) is 2.37. The molecule has 17 heavy (non-hydrogen) atoms. The molecule has 1 atom stereocenters. The zero-order valence-electron chi connectivity index (χ0n) is 10.3. The molecule has 1 aliphatic heterocycles. The van der Waals surface area contributed by atoms with Crippen molar-refractivity contribution in [2.75, 3.05) is 36.5 Å². The average molecular weight is 236 g/mol. The first kappa shape index (κ1) is 12.1. The molecule has 5 heteroatoms. The minimum Gasteiger partial charge on any atom is -0.395 e. The normalized spacial score (nSPS) is 20.4. The van der Waals surface area contributed by atoms with Crippen LogP contribution in [0.2, 0.25) is 0 Å². The molecule has 2 N–H and O–H groups in total. The number of nitrogens with zero attached hydrogens (tertiary/aromatic N) is 3. The van der Waals surface area contributed by atoms with Gasteiger partial charge in [-0.3, -0.25) is 0 Å². The second-order valence-electron chi connectivity index (χ2n) is 4.61. The molecule has 1 aliphatic rings. The van der Waals surface area contributed by atoms with E-state index in [1.807, 2.05) is 6.07 Å². The number of aliphatic hydroxyl groups is 1. The zero-order valence-corrected chi connectivity index (χ0v) is 10.3. The molecule has 0 radical (unpaired) electrons. The minimum atomic E-state index is 0.111. The van der Waals surface area contributed by atoms with Crippen molar-refractivity contribution in [3.63, 3.8) is 0 Å². The third-order valence-electron chi connectivity index (χ3n) is 3.05. The molecule has 0 spiro atoms. The van der Waals surface area contributed by atoms with E-state index in [0.717, 1.165) is 30.6 Å². The van der Waals surface area contributed by atoms with Crippen molar-refractivity contribution in [2.24, 2.45) is 5.92 Å². The maximum absolute atomic E-state index is 8.76. The van der Waals surface area contributed by atoms with Gasteiger partial charge in [0.1, 0.15) is 18.0 Å². The fourth-order valence-electron chi connectivity index (χ4n) is 2.20. The predicted octanol–water partition coefficient (Wildman–Crippen LogP) is 1.12. The minimum absolute atomic E-state index is 0.111. The number of piperidine rings is 1. The summed E-state index contributed by atoms with van der Waals surface area (Å²) in [4.78, 5) is 10.8. The van der Waals surface area contributed by atoms with Crippen molar-refractivity contribution in [2.45, 2.75) is 19.8 Å². The monoisotopic (exact) mass is 236 g/mol. The Bertz CT molecular complexity index is 358. The number of nitrogens with one attached hydrogen (secondary N) is 1. The molecule has 0 bridgehead atoms. The molecule has 5 nitrogen and oxygen atoms in total. The van der Waals surface area contributed by atoms with Gasteiger partial charge in [-0.1, -0.05) is 6.92 Å². The summed E-state index contributed by atoms with van der Waals surface area (Å²) in [5.41, 5.74) is 0. The zero-order chi connectivity index (χ0) is 12.1. The van der Waals surface area contributed by atoms with Gasteiger partial charge in [-0.25, -0.2) is 9.97 Å². The van der Waals surface area contributed by atoms with Crippen LogP contribution in [0.1, 0.15) is 19.8 Å². The fourth-order valence-corrected chi connectivity index (χ4v) is 2.20. The molecule has 1 unspecified atom stereocenters. The van der Waals surface area contributed by atoms with E-state index < -0.39 is 0 Å². The predicted molar refractivity (Wildman–Crippen MR) is 68.2 cm³/mol. The van der Waals surface area contributed by atoms with Gasteiger partial charge in [0.2, 0.25) is 0 Å². The van der Waals surface area contributed by atoms with Gasteiger partial charge in [-0.15, -0.1) is 0 Å². The maximum Gasteiger partial charge on any atom is 0.134 e. The number of anilines is 2. The molecule has 1 aromatic rings. The Balaban J connectivity index is 2.04. The van der Waals surface area contributed by atoms with Crippen LogP contribution in [0.4, 0.5) is 11.6 Å². The van der Waals surface area contributed by atoms with Crippen LogP contribution in [0.3, 0.4) is 0 Å². The fraction of sp³-hybridized carbons (Fsp3) is 0.667. The molecule has 1 fully saturated rings. The Kier molecular flexibility index (Phi) is 4.14. The number of aromatic nitrogens is 2. The van der Waals surface area contributed by atoms with Crippen LogP contribution in [-0.2, 0) is 0 Å². The molecule has 2 rings (SSSR count). The molecule has 1 saturated heterocycles. The Hall–Kier alpha value is -1.36. The lowest BCUT2D eigenvalue weighted by molar-refractivity contribution is 0.311. The van der Waals surface area contributed by atoms with E-state index in [9.17, 15) is 0 Å². The highest BCUT2D eigenvalue weighted by molar-refractivity contribution is 5.48. The van der Waals surface area contributed by atoms with Crippen molar-refractivity contribution in [1.29, 1.82) is 0 Å². The van der Waals surface area contributed by atoms with Gasteiger partial charge in [-0.2, -0.15) is 0 Å². The quantitative estimate of drug-likeness (QED) is 0.820. The topological polar surface area (TPSA) is 61.3 Å². The molecular formula is C12H20N4O. The summed E-state index contributed by atoms with van der Waals surface area (Å²) >= 11 is 0. The SMILES string of the molecule is CC1CCCN(c2cc(NCCO)ncn2)C1. The Morgan fingerprint density at radius 3 is 3.18 bits per heavy atom. The summed E-state index contributed by atoms with van der Waals surface area (Å²) in [6, 6.07) is 1.95. The maximum atomic E-state index is 8.76. The molecule has 1 aromatic heterocycles. The molecular weight excluding hydrogens is 216 g/mol. The number of aliphatic hydroxyl groups excluding tert-OH is 1. The Labute approximate surface area is 102 Å². The van der Waals surface area contributed by atoms with Crippen LogP contribution in [-0.4, -0.2) is 41.3 Å². The van der Waals surface area contributed by atoms with Crippen LogP contribution >= 0.6 is 0 Å². The molecule has 0 amide bonds. The van der Waals surface area contributed by atoms with Gasteiger partial charge in [0.25, 0.3) is 0 Å². The van der Waals surface area contributed by atoms with Gasteiger partial charge in [-0.05, 0) is 18.8 Å². The van der Waals surface area contributed by atoms with E-state index in [1.54, 1.807) is 6.33 Å². The van der Waals surface area contributed by atoms with Crippen LogP contribution in [0.25, 0.3) is 0 Å². The van der Waals surface area contributed by atoms with Crippen LogP contribution in [0, 0.1) is 5.92 Å². The summed E-state index contributed by atoms with van der Waals surface area (Å²) in [6.07, 6.45) is 4.11. The Morgan fingerprint density at radius 2 is 2.41 bits per heavy atom. The molecule has 94 valence electrons. The number of hydrogen-bond acceptors (Lipinski definition) is 5. The molecule has 0 aromatic carbocycles. The first-order valence-electron chi connectivity index (χ1n) is 6.21. The third kappa shape index (κ3) is 3.30. The summed E-state index contributed by atoms with van der Waals surface area (Å²) in [7, 11) is 0. The Morgan fingerprint density at radius 1 is 1.53 bits per heavy atom. The smallest absolute Gasteiger partial charge is 0.134 e. The highest BCUT2D eigenvalue weighted by Gasteiger charge is 2.17. The first-order chi connectivity index (χ1) is 8.29. The van der Waals surface area contributed by atoms with Crippen molar-refractivity contribution in [3.05, 3.63) is 12.4 Å². The van der Waals surface area contributed by atoms with Crippen LogP contribution in [0.5, 0.6) is 0 Å². The van der Waals surface area contributed by atoms with E-state index in [2.05, 4.69) is 27.1 Å². The van der Waals surface area contributed by atoms with E-state index in [1.165, 1.54) is 12.8 Å². The van der Waals surface area contributed by atoms with E-state index in [4.69, 9.17) is 5.11 Å². The lowest BCUT2D eigenvalue weighted by Crippen LogP contribution is -2.34. The molecule has 0 saturated carbocycles. The van der Waals surface area contributed by atoms with Crippen LogP contribution in [0.15, 0.2) is 12.4 Å². The first-order valence-corrected chi connectivity index (χ1v) is 6.21. The number of hydrogen-bond donors (Lipinski definition) is 2. The third-order valence-corrected chi connectivity index (χ3v) is 3.05. The summed E-state index contributed by atoms with van der Waals surface area (Å²) in [5.74, 6) is 2.49. The van der Waals surface area contributed by atoms with Crippen molar-refractivity contribution >= 4 is 11.6 Å². The van der Waals surface area contributed by atoms with Gasteiger partial charge < -0.3 is 15.3 Å². The lowest BCUT2D eigenvalue weighted by atomic mass is 10.0. The molecule has 0 aliphatic carbocycles. The van der Waals surface area contributed by atoms with Crippen molar-refractivity contribution in [1.82, 2.24) is 9.97 Å². The van der Waals surface area contributed by atoms with E-state index in [0.29, 0.717) is 6.54 Å². The van der Waals surface area contributed by atoms with E-state index >= 15 is 0 Å².